The van der Waals surface area contributed by atoms with E-state index in [4.69, 9.17) is 16.6 Å². The first kappa shape index (κ1) is 16.2. The minimum atomic E-state index is 0.447. The smallest absolute Gasteiger partial charge is 0.191 e. The van der Waals surface area contributed by atoms with Crippen molar-refractivity contribution in [3.8, 4) is 0 Å². The number of nitrogens with zero attached hydrogens (tertiary/aromatic N) is 1. The standard InChI is InChI=1S/C19H19N3OS/c1-12-7-6-8-13(2)18(12)20-19(24)22-21-14(3)17-11-15-9-4-5-10-16(15)23-17/h4-11H,1-3H3,(H2,20,22,24)/b21-14-. The van der Waals surface area contributed by atoms with Crippen molar-refractivity contribution in [3.05, 3.63) is 65.4 Å². The van der Waals surface area contributed by atoms with Gasteiger partial charge in [0.25, 0.3) is 0 Å². The van der Waals surface area contributed by atoms with E-state index in [1.165, 1.54) is 0 Å². The van der Waals surface area contributed by atoms with Crippen LogP contribution in [-0.2, 0) is 0 Å². The van der Waals surface area contributed by atoms with E-state index in [1.807, 2.05) is 69.3 Å². The van der Waals surface area contributed by atoms with Gasteiger partial charge in [0.15, 0.2) is 10.9 Å². The minimum Gasteiger partial charge on any atom is -0.455 e. The van der Waals surface area contributed by atoms with Gasteiger partial charge in [-0.3, -0.25) is 5.43 Å². The van der Waals surface area contributed by atoms with Gasteiger partial charge in [0.2, 0.25) is 0 Å². The molecule has 0 aliphatic carbocycles. The van der Waals surface area contributed by atoms with E-state index in [-0.39, 0.29) is 0 Å². The summed E-state index contributed by atoms with van der Waals surface area (Å²) in [4.78, 5) is 0. The Morgan fingerprint density at radius 3 is 2.46 bits per heavy atom. The molecule has 1 heterocycles. The summed E-state index contributed by atoms with van der Waals surface area (Å²) in [5, 5.41) is 9.01. The Hall–Kier alpha value is -2.66. The molecule has 4 nitrogen and oxygen atoms in total. The summed E-state index contributed by atoms with van der Waals surface area (Å²) in [6.07, 6.45) is 0. The predicted molar refractivity (Wildman–Crippen MR) is 104 cm³/mol. The monoisotopic (exact) mass is 337 g/mol. The Bertz CT molecular complexity index is 874. The number of fused-ring (bicyclic) bond motifs is 1. The number of rotatable bonds is 3. The van der Waals surface area contributed by atoms with Crippen LogP contribution in [0.2, 0.25) is 0 Å². The summed E-state index contributed by atoms with van der Waals surface area (Å²) < 4.78 is 5.78. The average molecular weight is 337 g/mol. The number of benzene rings is 2. The molecule has 1 aromatic heterocycles. The number of para-hydroxylation sites is 2. The molecule has 122 valence electrons. The van der Waals surface area contributed by atoms with Crippen LogP contribution in [-0.4, -0.2) is 10.8 Å². The van der Waals surface area contributed by atoms with Crippen molar-refractivity contribution < 1.29 is 4.42 Å². The van der Waals surface area contributed by atoms with Gasteiger partial charge in [0, 0.05) is 11.1 Å². The molecule has 2 N–H and O–H groups in total. The molecule has 0 aliphatic rings. The molecule has 0 saturated carbocycles. The van der Waals surface area contributed by atoms with E-state index in [1.54, 1.807) is 0 Å². The Labute approximate surface area is 146 Å². The van der Waals surface area contributed by atoms with Crippen molar-refractivity contribution in [1.29, 1.82) is 0 Å². The number of thiocarbonyl (C=S) groups is 1. The second-order valence-corrected chi connectivity index (χ2v) is 6.09. The SMILES string of the molecule is C/C(=N/NC(=S)Nc1c(C)cccc1C)c1cc2ccccc2o1. The lowest BCUT2D eigenvalue weighted by molar-refractivity contribution is 0.603. The molecular weight excluding hydrogens is 318 g/mol. The topological polar surface area (TPSA) is 49.6 Å². The lowest BCUT2D eigenvalue weighted by atomic mass is 10.1. The molecule has 0 unspecified atom stereocenters. The lowest BCUT2D eigenvalue weighted by Gasteiger charge is -2.12. The number of anilines is 1. The van der Waals surface area contributed by atoms with Crippen LogP contribution in [0.3, 0.4) is 0 Å². The number of aryl methyl sites for hydroxylation is 2. The van der Waals surface area contributed by atoms with Crippen molar-refractivity contribution in [3.63, 3.8) is 0 Å². The minimum absolute atomic E-state index is 0.447. The van der Waals surface area contributed by atoms with Gasteiger partial charge >= 0.3 is 0 Å². The Balaban J connectivity index is 1.71. The molecule has 0 atom stereocenters. The molecule has 0 amide bonds. The first-order valence-corrected chi connectivity index (χ1v) is 8.12. The summed E-state index contributed by atoms with van der Waals surface area (Å²) in [7, 11) is 0. The first-order chi connectivity index (χ1) is 11.5. The lowest BCUT2D eigenvalue weighted by Crippen LogP contribution is -2.25. The maximum Gasteiger partial charge on any atom is 0.191 e. The highest BCUT2D eigenvalue weighted by atomic mass is 32.1. The Morgan fingerprint density at radius 1 is 1.04 bits per heavy atom. The van der Waals surface area contributed by atoms with Gasteiger partial charge < -0.3 is 9.73 Å². The molecule has 24 heavy (non-hydrogen) atoms. The number of furan rings is 1. The second-order valence-electron chi connectivity index (χ2n) is 5.68. The van der Waals surface area contributed by atoms with Crippen LogP contribution in [0.15, 0.2) is 58.0 Å². The van der Waals surface area contributed by atoms with Crippen molar-refractivity contribution in [1.82, 2.24) is 5.43 Å². The molecule has 0 radical (unpaired) electrons. The summed E-state index contributed by atoms with van der Waals surface area (Å²) in [5.74, 6) is 0.721. The molecule has 3 rings (SSSR count). The van der Waals surface area contributed by atoms with Gasteiger partial charge in [-0.1, -0.05) is 36.4 Å². The van der Waals surface area contributed by atoms with Crippen LogP contribution >= 0.6 is 12.2 Å². The molecule has 0 aliphatic heterocycles. The number of hydrazone groups is 1. The van der Waals surface area contributed by atoms with Crippen LogP contribution in [0.5, 0.6) is 0 Å². The molecule has 5 heteroatoms. The van der Waals surface area contributed by atoms with E-state index < -0.39 is 0 Å². The van der Waals surface area contributed by atoms with Crippen LogP contribution in [0.1, 0.15) is 23.8 Å². The van der Waals surface area contributed by atoms with E-state index >= 15 is 0 Å². The van der Waals surface area contributed by atoms with Crippen LogP contribution in [0.4, 0.5) is 5.69 Å². The molecular formula is C19H19N3OS. The molecule has 0 bridgehead atoms. The number of nitrogens with one attached hydrogen (secondary N) is 2. The van der Waals surface area contributed by atoms with Crippen molar-refractivity contribution in [2.45, 2.75) is 20.8 Å². The summed E-state index contributed by atoms with van der Waals surface area (Å²) in [6, 6.07) is 16.0. The highest BCUT2D eigenvalue weighted by Gasteiger charge is 2.07. The fourth-order valence-corrected chi connectivity index (χ4v) is 2.65. The third kappa shape index (κ3) is 3.46. The fraction of sp³-hybridized carbons (Fsp3) is 0.158. The van der Waals surface area contributed by atoms with E-state index in [2.05, 4.69) is 15.8 Å². The van der Waals surface area contributed by atoms with Gasteiger partial charge in [0.1, 0.15) is 11.3 Å². The fourth-order valence-electron chi connectivity index (χ4n) is 2.50. The highest BCUT2D eigenvalue weighted by Crippen LogP contribution is 2.20. The van der Waals surface area contributed by atoms with Gasteiger partial charge in [-0.15, -0.1) is 0 Å². The average Bonchev–Trinajstić information content (AvgIpc) is 3.00. The van der Waals surface area contributed by atoms with E-state index in [0.29, 0.717) is 5.11 Å². The van der Waals surface area contributed by atoms with Crippen LogP contribution in [0.25, 0.3) is 11.0 Å². The Kier molecular flexibility index (Phi) is 4.62. The van der Waals surface area contributed by atoms with Gasteiger partial charge in [0.05, 0.1) is 0 Å². The van der Waals surface area contributed by atoms with E-state index in [0.717, 1.165) is 39.3 Å². The van der Waals surface area contributed by atoms with Crippen LogP contribution < -0.4 is 10.7 Å². The Morgan fingerprint density at radius 2 is 1.75 bits per heavy atom. The molecule has 0 fully saturated rings. The van der Waals surface area contributed by atoms with Gasteiger partial charge in [-0.05, 0) is 56.2 Å². The molecule has 3 aromatic rings. The van der Waals surface area contributed by atoms with Crippen LogP contribution in [0, 0.1) is 13.8 Å². The maximum atomic E-state index is 5.78. The number of hydrogen-bond acceptors (Lipinski definition) is 3. The van der Waals surface area contributed by atoms with Gasteiger partial charge in [-0.2, -0.15) is 5.10 Å². The zero-order valence-corrected chi connectivity index (χ0v) is 14.7. The molecule has 0 saturated heterocycles. The summed E-state index contributed by atoms with van der Waals surface area (Å²) >= 11 is 5.33. The maximum absolute atomic E-state index is 5.78. The first-order valence-electron chi connectivity index (χ1n) is 7.71. The highest BCUT2D eigenvalue weighted by molar-refractivity contribution is 7.80. The van der Waals surface area contributed by atoms with Crippen molar-refractivity contribution in [2.75, 3.05) is 5.32 Å². The normalized spacial score (nSPS) is 11.5. The zero-order chi connectivity index (χ0) is 17.1. The molecule has 0 spiro atoms. The molecule has 2 aromatic carbocycles. The predicted octanol–water partition coefficient (Wildman–Crippen LogP) is 4.76. The van der Waals surface area contributed by atoms with Crippen molar-refractivity contribution >= 4 is 39.7 Å². The quantitative estimate of drug-likeness (QED) is 0.411. The van der Waals surface area contributed by atoms with E-state index in [9.17, 15) is 0 Å². The third-order valence-corrected chi connectivity index (χ3v) is 4.02. The third-order valence-electron chi connectivity index (χ3n) is 3.83. The zero-order valence-electron chi connectivity index (χ0n) is 13.9. The van der Waals surface area contributed by atoms with Crippen molar-refractivity contribution in [2.24, 2.45) is 5.10 Å². The summed E-state index contributed by atoms with van der Waals surface area (Å²) in [6.45, 7) is 5.97. The number of hydrogen-bond donors (Lipinski definition) is 2. The van der Waals surface area contributed by atoms with Gasteiger partial charge in [-0.25, -0.2) is 0 Å². The second kappa shape index (κ2) is 6.84. The largest absolute Gasteiger partial charge is 0.455 e. The summed E-state index contributed by atoms with van der Waals surface area (Å²) in [5.41, 5.74) is 7.73.